The summed E-state index contributed by atoms with van der Waals surface area (Å²) in [7, 11) is 0. The van der Waals surface area contributed by atoms with Gasteiger partial charge in [0.05, 0.1) is 5.69 Å². The number of nitrogens with zero attached hydrogens (tertiary/aromatic N) is 4. The third-order valence-electron chi connectivity index (χ3n) is 6.03. The van der Waals surface area contributed by atoms with Gasteiger partial charge in [0, 0.05) is 36.7 Å². The van der Waals surface area contributed by atoms with Gasteiger partial charge in [-0.15, -0.1) is 0 Å². The van der Waals surface area contributed by atoms with Crippen LogP contribution in [0.1, 0.15) is 33.6 Å². The normalized spacial score (nSPS) is 17.6. The summed E-state index contributed by atoms with van der Waals surface area (Å²) in [5.74, 6) is 0.667. The number of aldehydes is 2. The maximum Gasteiger partial charge on any atom is 0.158 e. The second-order valence-corrected chi connectivity index (χ2v) is 7.99. The highest BCUT2D eigenvalue weighted by Gasteiger charge is 2.31. The largest absolute Gasteiger partial charge is 0.369 e. The number of rotatable bonds is 6. The van der Waals surface area contributed by atoms with Crippen molar-refractivity contribution in [1.29, 1.82) is 0 Å². The molecule has 3 aromatic rings. The Hall–Kier alpha value is -3.06. The van der Waals surface area contributed by atoms with E-state index in [4.69, 9.17) is 4.63 Å². The molecule has 3 heterocycles. The van der Waals surface area contributed by atoms with Crippen LogP contribution in [-0.4, -0.2) is 60.5 Å². The molecule has 0 saturated carbocycles. The average molecular weight is 390 g/mol. The smallest absolute Gasteiger partial charge is 0.158 e. The van der Waals surface area contributed by atoms with Crippen LogP contribution >= 0.6 is 0 Å². The van der Waals surface area contributed by atoms with Gasteiger partial charge in [-0.2, -0.15) is 0 Å². The van der Waals surface area contributed by atoms with Gasteiger partial charge < -0.3 is 9.80 Å². The van der Waals surface area contributed by atoms with Crippen molar-refractivity contribution in [3.63, 3.8) is 0 Å². The number of aromatic nitrogens is 2. The van der Waals surface area contributed by atoms with Crippen LogP contribution in [-0.2, 0) is 0 Å². The Labute approximate surface area is 168 Å². The Morgan fingerprint density at radius 1 is 0.966 bits per heavy atom. The third kappa shape index (κ3) is 3.31. The van der Waals surface area contributed by atoms with Gasteiger partial charge in [-0.1, -0.05) is 12.1 Å². The molecule has 7 nitrogen and oxygen atoms in total. The van der Waals surface area contributed by atoms with Crippen LogP contribution in [0.4, 0.5) is 5.69 Å². The highest BCUT2D eigenvalue weighted by molar-refractivity contribution is 5.95. The first kappa shape index (κ1) is 18.0. The third-order valence-corrected chi connectivity index (χ3v) is 6.03. The predicted octanol–water partition coefficient (Wildman–Crippen LogP) is 3.05. The van der Waals surface area contributed by atoms with E-state index < -0.39 is 0 Å². The van der Waals surface area contributed by atoms with Crippen molar-refractivity contribution in [3.8, 4) is 11.1 Å². The maximum atomic E-state index is 11.3. The van der Waals surface area contributed by atoms with E-state index in [1.54, 1.807) is 12.1 Å². The van der Waals surface area contributed by atoms with Gasteiger partial charge >= 0.3 is 0 Å². The van der Waals surface area contributed by atoms with Crippen LogP contribution in [0.15, 0.2) is 35.0 Å². The van der Waals surface area contributed by atoms with Crippen LogP contribution in [0.25, 0.3) is 22.2 Å². The van der Waals surface area contributed by atoms with Crippen LogP contribution in [0.3, 0.4) is 0 Å². The Balaban J connectivity index is 1.44. The molecule has 2 aliphatic rings. The van der Waals surface area contributed by atoms with Crippen LogP contribution < -0.4 is 4.90 Å². The lowest BCUT2D eigenvalue weighted by atomic mass is 9.95. The molecule has 0 radical (unpaired) electrons. The summed E-state index contributed by atoms with van der Waals surface area (Å²) in [6.45, 7) is 5.59. The van der Waals surface area contributed by atoms with Crippen LogP contribution in [0.2, 0.25) is 0 Å². The summed E-state index contributed by atoms with van der Waals surface area (Å²) in [6, 6.07) is 9.24. The molecular formula is C22H22N4O3. The van der Waals surface area contributed by atoms with E-state index in [9.17, 15) is 9.59 Å². The van der Waals surface area contributed by atoms with Crippen molar-refractivity contribution in [2.45, 2.75) is 12.8 Å². The summed E-state index contributed by atoms with van der Waals surface area (Å²) in [6.07, 6.45) is 4.04. The molecule has 5 rings (SSSR count). The molecule has 0 aliphatic carbocycles. The van der Waals surface area contributed by atoms with E-state index in [-0.39, 0.29) is 0 Å². The molecule has 29 heavy (non-hydrogen) atoms. The minimum Gasteiger partial charge on any atom is -0.369 e. The average Bonchev–Trinajstić information content (AvgIpc) is 3.41. The topological polar surface area (TPSA) is 79.5 Å². The molecule has 0 spiro atoms. The van der Waals surface area contributed by atoms with E-state index >= 15 is 0 Å². The molecule has 148 valence electrons. The number of carbonyl (C=O) groups is 2. The fraction of sp³-hybridized carbons (Fsp3) is 0.364. The van der Waals surface area contributed by atoms with Crippen molar-refractivity contribution in [1.82, 2.24) is 15.2 Å². The molecule has 0 atom stereocenters. The van der Waals surface area contributed by atoms with Crippen molar-refractivity contribution in [3.05, 3.63) is 41.5 Å². The zero-order valence-corrected chi connectivity index (χ0v) is 16.1. The van der Waals surface area contributed by atoms with Gasteiger partial charge in [0.15, 0.2) is 18.1 Å². The zero-order chi connectivity index (χ0) is 19.8. The Morgan fingerprint density at radius 3 is 2.52 bits per heavy atom. The van der Waals surface area contributed by atoms with Crippen molar-refractivity contribution in [2.75, 3.05) is 37.6 Å². The first-order chi connectivity index (χ1) is 14.2. The predicted molar refractivity (Wildman–Crippen MR) is 109 cm³/mol. The highest BCUT2D eigenvalue weighted by atomic mass is 16.6. The van der Waals surface area contributed by atoms with E-state index in [2.05, 4.69) is 26.2 Å². The first-order valence-corrected chi connectivity index (χ1v) is 10.0. The van der Waals surface area contributed by atoms with Crippen molar-refractivity contribution >= 4 is 29.3 Å². The van der Waals surface area contributed by atoms with E-state index in [0.29, 0.717) is 35.1 Å². The second kappa shape index (κ2) is 7.40. The van der Waals surface area contributed by atoms with Gasteiger partial charge in [0.2, 0.25) is 0 Å². The van der Waals surface area contributed by atoms with Crippen LogP contribution in [0.5, 0.6) is 0 Å². The minimum absolute atomic E-state index is 0.382. The molecule has 0 N–H and O–H groups in total. The van der Waals surface area contributed by atoms with Crippen molar-refractivity contribution in [2.24, 2.45) is 5.92 Å². The summed E-state index contributed by atoms with van der Waals surface area (Å²) >= 11 is 0. The maximum absolute atomic E-state index is 11.3. The first-order valence-electron chi connectivity index (χ1n) is 10.0. The van der Waals surface area contributed by atoms with Gasteiger partial charge in [0.25, 0.3) is 0 Å². The quantitative estimate of drug-likeness (QED) is 0.599. The molecule has 2 aliphatic heterocycles. The number of hydrogen-bond acceptors (Lipinski definition) is 7. The summed E-state index contributed by atoms with van der Waals surface area (Å²) in [5, 5.41) is 8.14. The molecule has 2 aromatic carbocycles. The fourth-order valence-corrected chi connectivity index (χ4v) is 4.46. The van der Waals surface area contributed by atoms with E-state index in [1.165, 1.54) is 25.9 Å². The molecule has 0 amide bonds. The number of fused-ring (bicyclic) bond motifs is 1. The summed E-state index contributed by atoms with van der Waals surface area (Å²) < 4.78 is 4.99. The van der Waals surface area contributed by atoms with Gasteiger partial charge in [0.1, 0.15) is 5.52 Å². The number of hydrogen-bond donors (Lipinski definition) is 0. The standard InChI is InChI=1S/C22H22N4O3/c27-13-17-4-3-16(7-19(17)14-28)18-8-20-22(24-29-23-20)21(9-18)26-11-15(12-26)10-25-5-1-2-6-25/h3-4,7-9,13-15H,1-2,5-6,10-12H2. The molecule has 1 aromatic heterocycles. The molecule has 7 heteroatoms. The lowest BCUT2D eigenvalue weighted by Gasteiger charge is -2.42. The lowest BCUT2D eigenvalue weighted by molar-refractivity contribution is 0.109. The van der Waals surface area contributed by atoms with Gasteiger partial charge in [-0.05, 0) is 65.6 Å². The monoisotopic (exact) mass is 390 g/mol. The lowest BCUT2D eigenvalue weighted by Crippen LogP contribution is -2.51. The minimum atomic E-state index is 0.382. The highest BCUT2D eigenvalue weighted by Crippen LogP contribution is 2.35. The van der Waals surface area contributed by atoms with Gasteiger partial charge in [-0.25, -0.2) is 4.63 Å². The second-order valence-electron chi connectivity index (χ2n) is 7.99. The number of benzene rings is 2. The molecule has 0 bridgehead atoms. The molecular weight excluding hydrogens is 368 g/mol. The fourth-order valence-electron chi connectivity index (χ4n) is 4.46. The van der Waals surface area contributed by atoms with E-state index in [0.717, 1.165) is 42.0 Å². The number of carbonyl (C=O) groups excluding carboxylic acids is 2. The number of likely N-dealkylation sites (tertiary alicyclic amines) is 1. The molecule has 0 unspecified atom stereocenters. The summed E-state index contributed by atoms with van der Waals surface area (Å²) in [4.78, 5) is 27.3. The Morgan fingerprint density at radius 2 is 1.76 bits per heavy atom. The molecule has 2 saturated heterocycles. The SMILES string of the molecule is O=Cc1ccc(-c2cc(N3CC(CN4CCCC4)C3)c3nonc3c2)cc1C=O. The number of anilines is 1. The molecule has 2 fully saturated rings. The van der Waals surface area contributed by atoms with Crippen molar-refractivity contribution < 1.29 is 14.2 Å². The van der Waals surface area contributed by atoms with Crippen LogP contribution in [0, 0.1) is 5.92 Å². The van der Waals surface area contributed by atoms with Gasteiger partial charge in [-0.3, -0.25) is 9.59 Å². The Bertz CT molecular complexity index is 1070. The summed E-state index contributed by atoms with van der Waals surface area (Å²) in [5.41, 5.74) is 5.00. The van der Waals surface area contributed by atoms with E-state index in [1.807, 2.05) is 12.1 Å². The zero-order valence-electron chi connectivity index (χ0n) is 16.1. The Kier molecular flexibility index (Phi) is 4.60.